The molecule has 0 radical (unpaired) electrons. The van der Waals surface area contributed by atoms with E-state index in [-0.39, 0.29) is 5.91 Å². The molecule has 28 heavy (non-hydrogen) atoms. The van der Waals surface area contributed by atoms with Gasteiger partial charge in [0.1, 0.15) is 5.75 Å². The Morgan fingerprint density at radius 3 is 2.11 bits per heavy atom. The molecule has 0 saturated heterocycles. The van der Waals surface area contributed by atoms with Crippen LogP contribution in [0, 0.1) is 13.8 Å². The van der Waals surface area contributed by atoms with Gasteiger partial charge in [0.2, 0.25) is 5.91 Å². The van der Waals surface area contributed by atoms with E-state index in [4.69, 9.17) is 14.2 Å². The second-order valence-corrected chi connectivity index (χ2v) is 6.93. The Morgan fingerprint density at radius 1 is 1.00 bits per heavy atom. The Hall–Kier alpha value is -2.48. The fraction of sp³-hybridized carbons (Fsp3) is 0.450. The Kier molecular flexibility index (Phi) is 7.92. The first kappa shape index (κ1) is 21.8. The van der Waals surface area contributed by atoms with Gasteiger partial charge < -0.3 is 19.5 Å². The molecular weight excluding hydrogens is 378 g/mol. The number of ether oxygens (including phenoxy) is 3. The van der Waals surface area contributed by atoms with E-state index in [0.717, 1.165) is 27.7 Å². The fourth-order valence-electron chi connectivity index (χ4n) is 2.91. The van der Waals surface area contributed by atoms with Crippen molar-refractivity contribution in [2.45, 2.75) is 38.4 Å². The van der Waals surface area contributed by atoms with Crippen molar-refractivity contribution in [2.75, 3.05) is 27.6 Å². The molecule has 0 fully saturated rings. The number of aryl methyl sites for hydroxylation is 2. The average Bonchev–Trinajstić information content (AvgIpc) is 2.70. The molecule has 0 aliphatic rings. The summed E-state index contributed by atoms with van der Waals surface area (Å²) in [6.45, 7) is 4.24. The number of hydrogen-bond donors (Lipinski definition) is 1. The quantitative estimate of drug-likeness (QED) is 0.507. The number of carbonyl (C=O) groups excluding carboxylic acids is 1. The first-order chi connectivity index (χ1) is 13.4. The Morgan fingerprint density at radius 2 is 1.57 bits per heavy atom. The standard InChI is InChI=1S/C20H27N3O4S/c1-12-15(13(2)23-20(22-12)28-6)7-8-19(24)21-11-14-9-17(26-4)18(27-5)10-16(14)25-3/h9-10H,7-8,11H2,1-6H3,(H,21,24). The van der Waals surface area contributed by atoms with Crippen molar-refractivity contribution >= 4 is 17.7 Å². The lowest BCUT2D eigenvalue weighted by atomic mass is 10.1. The molecule has 0 saturated carbocycles. The van der Waals surface area contributed by atoms with E-state index in [1.807, 2.05) is 20.1 Å². The minimum Gasteiger partial charge on any atom is -0.496 e. The summed E-state index contributed by atoms with van der Waals surface area (Å²) in [5.74, 6) is 1.74. The van der Waals surface area contributed by atoms with Gasteiger partial charge >= 0.3 is 0 Å². The predicted octanol–water partition coefficient (Wildman–Crippen LogP) is 3.09. The molecule has 0 aliphatic heterocycles. The highest BCUT2D eigenvalue weighted by molar-refractivity contribution is 7.98. The predicted molar refractivity (Wildman–Crippen MR) is 110 cm³/mol. The average molecular weight is 406 g/mol. The van der Waals surface area contributed by atoms with Crippen LogP contribution in [-0.2, 0) is 17.8 Å². The number of nitrogens with zero attached hydrogens (tertiary/aromatic N) is 2. The van der Waals surface area contributed by atoms with Crippen LogP contribution in [0.15, 0.2) is 17.3 Å². The molecule has 0 bridgehead atoms. The smallest absolute Gasteiger partial charge is 0.220 e. The normalized spacial score (nSPS) is 10.5. The Balaban J connectivity index is 2.01. The first-order valence-electron chi connectivity index (χ1n) is 8.87. The number of aromatic nitrogens is 2. The molecule has 8 heteroatoms. The first-order valence-corrected chi connectivity index (χ1v) is 10.1. The minimum absolute atomic E-state index is 0.0513. The molecule has 7 nitrogen and oxygen atoms in total. The molecule has 0 atom stereocenters. The Labute approximate surface area is 170 Å². The summed E-state index contributed by atoms with van der Waals surface area (Å²) < 4.78 is 16.0. The third kappa shape index (κ3) is 5.28. The Bertz CT molecular complexity index is 819. The van der Waals surface area contributed by atoms with E-state index in [1.54, 1.807) is 33.5 Å². The number of thioether (sulfide) groups is 1. The van der Waals surface area contributed by atoms with E-state index in [0.29, 0.717) is 36.6 Å². The van der Waals surface area contributed by atoms with Crippen LogP contribution < -0.4 is 19.5 Å². The molecule has 1 aromatic heterocycles. The summed E-state index contributed by atoms with van der Waals surface area (Å²) in [5.41, 5.74) is 3.68. The maximum absolute atomic E-state index is 12.4. The monoisotopic (exact) mass is 405 g/mol. The number of hydrogen-bond acceptors (Lipinski definition) is 7. The second kappa shape index (κ2) is 10.2. The van der Waals surface area contributed by atoms with E-state index < -0.39 is 0 Å². The summed E-state index contributed by atoms with van der Waals surface area (Å²) in [6, 6.07) is 3.55. The summed E-state index contributed by atoms with van der Waals surface area (Å²) >= 11 is 1.51. The summed E-state index contributed by atoms with van der Waals surface area (Å²) in [5, 5.41) is 3.69. The third-order valence-electron chi connectivity index (χ3n) is 4.45. The van der Waals surface area contributed by atoms with Gasteiger partial charge in [-0.3, -0.25) is 4.79 Å². The van der Waals surface area contributed by atoms with Gasteiger partial charge in [-0.15, -0.1) is 0 Å². The number of carbonyl (C=O) groups is 1. The molecule has 2 aromatic rings. The number of nitrogens with one attached hydrogen (secondary N) is 1. The molecule has 0 spiro atoms. The van der Waals surface area contributed by atoms with Crippen LogP contribution in [0.2, 0.25) is 0 Å². The lowest BCUT2D eigenvalue weighted by Gasteiger charge is -2.15. The van der Waals surface area contributed by atoms with Crippen LogP contribution in [-0.4, -0.2) is 43.5 Å². The van der Waals surface area contributed by atoms with Crippen LogP contribution >= 0.6 is 11.8 Å². The van der Waals surface area contributed by atoms with Crippen molar-refractivity contribution in [1.82, 2.24) is 15.3 Å². The van der Waals surface area contributed by atoms with Gasteiger partial charge in [-0.05, 0) is 38.2 Å². The number of methoxy groups -OCH3 is 3. The van der Waals surface area contributed by atoms with Crippen molar-refractivity contribution in [2.24, 2.45) is 0 Å². The zero-order valence-corrected chi connectivity index (χ0v) is 18.0. The van der Waals surface area contributed by atoms with E-state index in [1.165, 1.54) is 11.8 Å². The molecular formula is C20H27N3O4S. The highest BCUT2D eigenvalue weighted by Gasteiger charge is 2.14. The molecule has 0 aliphatic carbocycles. The fourth-order valence-corrected chi connectivity index (χ4v) is 3.37. The molecule has 152 valence electrons. The zero-order chi connectivity index (χ0) is 20.7. The van der Waals surface area contributed by atoms with Gasteiger partial charge in [-0.1, -0.05) is 11.8 Å². The molecule has 0 unspecified atom stereocenters. The third-order valence-corrected chi connectivity index (χ3v) is 5.00. The van der Waals surface area contributed by atoms with Crippen molar-refractivity contribution in [3.63, 3.8) is 0 Å². The van der Waals surface area contributed by atoms with E-state index in [9.17, 15) is 4.79 Å². The molecule has 1 N–H and O–H groups in total. The number of amides is 1. The van der Waals surface area contributed by atoms with Gasteiger partial charge in [0, 0.05) is 36.0 Å². The van der Waals surface area contributed by atoms with Gasteiger partial charge in [0.15, 0.2) is 16.7 Å². The van der Waals surface area contributed by atoms with Crippen LogP contribution in [0.4, 0.5) is 0 Å². The number of rotatable bonds is 9. The van der Waals surface area contributed by atoms with Crippen LogP contribution in [0.1, 0.15) is 28.9 Å². The van der Waals surface area contributed by atoms with Gasteiger partial charge in [-0.2, -0.15) is 0 Å². The van der Waals surface area contributed by atoms with Crippen molar-refractivity contribution in [3.05, 3.63) is 34.6 Å². The van der Waals surface area contributed by atoms with Gasteiger partial charge in [0.25, 0.3) is 0 Å². The minimum atomic E-state index is -0.0513. The largest absolute Gasteiger partial charge is 0.496 e. The van der Waals surface area contributed by atoms with Crippen LogP contribution in [0.3, 0.4) is 0 Å². The lowest BCUT2D eigenvalue weighted by molar-refractivity contribution is -0.121. The van der Waals surface area contributed by atoms with E-state index in [2.05, 4.69) is 15.3 Å². The maximum Gasteiger partial charge on any atom is 0.220 e. The highest BCUT2D eigenvalue weighted by atomic mass is 32.2. The van der Waals surface area contributed by atoms with Gasteiger partial charge in [0.05, 0.1) is 21.3 Å². The highest BCUT2D eigenvalue weighted by Crippen LogP contribution is 2.34. The van der Waals surface area contributed by atoms with Crippen molar-refractivity contribution in [3.8, 4) is 17.2 Å². The van der Waals surface area contributed by atoms with E-state index >= 15 is 0 Å². The molecule has 1 heterocycles. The lowest BCUT2D eigenvalue weighted by Crippen LogP contribution is -2.23. The molecule has 2 rings (SSSR count). The van der Waals surface area contributed by atoms with Gasteiger partial charge in [-0.25, -0.2) is 9.97 Å². The maximum atomic E-state index is 12.4. The molecule has 1 aromatic carbocycles. The van der Waals surface area contributed by atoms with Crippen molar-refractivity contribution in [1.29, 1.82) is 0 Å². The summed E-state index contributed by atoms with van der Waals surface area (Å²) in [7, 11) is 4.72. The van der Waals surface area contributed by atoms with Crippen LogP contribution in [0.5, 0.6) is 17.2 Å². The van der Waals surface area contributed by atoms with Crippen LogP contribution in [0.25, 0.3) is 0 Å². The second-order valence-electron chi connectivity index (χ2n) is 6.16. The zero-order valence-electron chi connectivity index (χ0n) is 17.2. The number of benzene rings is 1. The van der Waals surface area contributed by atoms with Crippen molar-refractivity contribution < 1.29 is 19.0 Å². The topological polar surface area (TPSA) is 82.6 Å². The SMILES string of the molecule is COc1cc(OC)c(OC)cc1CNC(=O)CCc1c(C)nc(SC)nc1C. The summed E-state index contributed by atoms with van der Waals surface area (Å²) in [4.78, 5) is 21.3. The molecule has 1 amide bonds. The summed E-state index contributed by atoms with van der Waals surface area (Å²) in [6.07, 6.45) is 2.91.